The lowest BCUT2D eigenvalue weighted by molar-refractivity contribution is -0.131. The summed E-state index contributed by atoms with van der Waals surface area (Å²) in [4.78, 5) is 13.9. The van der Waals surface area contributed by atoms with Crippen LogP contribution in [0.4, 0.5) is 5.69 Å². The molecule has 0 heterocycles. The molecule has 0 unspecified atom stereocenters. The number of hydrogen-bond donors (Lipinski definition) is 1. The molecule has 0 saturated heterocycles. The van der Waals surface area contributed by atoms with E-state index in [1.165, 1.54) is 0 Å². The SMILES string of the molecule is CCOCCN(CC)C(=O)Cc1ccccc1N. The van der Waals surface area contributed by atoms with Crippen LogP contribution in [0.3, 0.4) is 0 Å². The van der Waals surface area contributed by atoms with Crippen molar-refractivity contribution in [2.45, 2.75) is 20.3 Å². The number of anilines is 1. The monoisotopic (exact) mass is 250 g/mol. The van der Waals surface area contributed by atoms with E-state index in [9.17, 15) is 4.79 Å². The largest absolute Gasteiger partial charge is 0.398 e. The fourth-order valence-electron chi connectivity index (χ4n) is 1.75. The van der Waals surface area contributed by atoms with E-state index in [2.05, 4.69) is 0 Å². The van der Waals surface area contributed by atoms with Gasteiger partial charge in [-0.3, -0.25) is 4.79 Å². The summed E-state index contributed by atoms with van der Waals surface area (Å²) in [7, 11) is 0. The predicted octanol–water partition coefficient (Wildman–Crippen LogP) is 1.70. The summed E-state index contributed by atoms with van der Waals surface area (Å²) in [6.45, 7) is 6.51. The van der Waals surface area contributed by atoms with Gasteiger partial charge in [-0.15, -0.1) is 0 Å². The van der Waals surface area contributed by atoms with E-state index in [0.717, 1.165) is 5.56 Å². The topological polar surface area (TPSA) is 55.6 Å². The van der Waals surface area contributed by atoms with Crippen LogP contribution in [0, 0.1) is 0 Å². The van der Waals surface area contributed by atoms with Gasteiger partial charge in [-0.1, -0.05) is 18.2 Å². The van der Waals surface area contributed by atoms with Crippen LogP contribution in [0.25, 0.3) is 0 Å². The van der Waals surface area contributed by atoms with Gasteiger partial charge >= 0.3 is 0 Å². The predicted molar refractivity (Wildman–Crippen MR) is 73.3 cm³/mol. The van der Waals surface area contributed by atoms with Crippen LogP contribution in [0.1, 0.15) is 19.4 Å². The first-order chi connectivity index (χ1) is 8.69. The first-order valence-electron chi connectivity index (χ1n) is 6.37. The molecule has 4 nitrogen and oxygen atoms in total. The number of nitrogen functional groups attached to an aromatic ring is 1. The number of likely N-dealkylation sites (N-methyl/N-ethyl adjacent to an activating group) is 1. The third-order valence-corrected chi connectivity index (χ3v) is 2.84. The zero-order valence-corrected chi connectivity index (χ0v) is 11.2. The van der Waals surface area contributed by atoms with E-state index >= 15 is 0 Å². The average Bonchev–Trinajstić information content (AvgIpc) is 2.37. The molecular formula is C14H22N2O2. The van der Waals surface area contributed by atoms with Crippen LogP contribution >= 0.6 is 0 Å². The Hall–Kier alpha value is -1.55. The number of para-hydroxylation sites is 1. The molecule has 1 aromatic carbocycles. The molecule has 100 valence electrons. The maximum Gasteiger partial charge on any atom is 0.227 e. The smallest absolute Gasteiger partial charge is 0.227 e. The zero-order chi connectivity index (χ0) is 13.4. The van der Waals surface area contributed by atoms with E-state index in [1.54, 1.807) is 4.90 Å². The minimum absolute atomic E-state index is 0.0927. The van der Waals surface area contributed by atoms with Crippen LogP contribution in [0.5, 0.6) is 0 Å². The number of ether oxygens (including phenoxy) is 1. The van der Waals surface area contributed by atoms with Crippen LogP contribution < -0.4 is 5.73 Å². The van der Waals surface area contributed by atoms with Gasteiger partial charge in [0.15, 0.2) is 0 Å². The number of amides is 1. The fraction of sp³-hybridized carbons (Fsp3) is 0.500. The molecule has 0 aromatic heterocycles. The molecule has 1 aromatic rings. The lowest BCUT2D eigenvalue weighted by Gasteiger charge is -2.21. The van der Waals surface area contributed by atoms with Gasteiger partial charge in [-0.2, -0.15) is 0 Å². The molecule has 0 aliphatic heterocycles. The van der Waals surface area contributed by atoms with Gasteiger partial charge in [-0.25, -0.2) is 0 Å². The first kappa shape index (κ1) is 14.5. The number of hydrogen-bond acceptors (Lipinski definition) is 3. The number of nitrogens with zero attached hydrogens (tertiary/aromatic N) is 1. The maximum absolute atomic E-state index is 12.1. The fourth-order valence-corrected chi connectivity index (χ4v) is 1.75. The second-order valence-electron chi connectivity index (χ2n) is 4.05. The lowest BCUT2D eigenvalue weighted by atomic mass is 10.1. The van der Waals surface area contributed by atoms with Crippen LogP contribution in [-0.2, 0) is 16.0 Å². The molecule has 4 heteroatoms. The lowest BCUT2D eigenvalue weighted by Crippen LogP contribution is -2.35. The summed E-state index contributed by atoms with van der Waals surface area (Å²) in [5.41, 5.74) is 7.40. The Morgan fingerprint density at radius 2 is 2.06 bits per heavy atom. The van der Waals surface area contributed by atoms with Crippen molar-refractivity contribution in [3.8, 4) is 0 Å². The van der Waals surface area contributed by atoms with E-state index in [1.807, 2.05) is 38.1 Å². The van der Waals surface area contributed by atoms with Crippen LogP contribution in [0.2, 0.25) is 0 Å². The van der Waals surface area contributed by atoms with Crippen molar-refractivity contribution in [1.29, 1.82) is 0 Å². The third-order valence-electron chi connectivity index (χ3n) is 2.84. The average molecular weight is 250 g/mol. The van der Waals surface area contributed by atoms with Crippen molar-refractivity contribution in [1.82, 2.24) is 4.90 Å². The van der Waals surface area contributed by atoms with Crippen molar-refractivity contribution in [2.24, 2.45) is 0 Å². The quantitative estimate of drug-likeness (QED) is 0.592. The van der Waals surface area contributed by atoms with Gasteiger partial charge < -0.3 is 15.4 Å². The minimum Gasteiger partial charge on any atom is -0.398 e. The van der Waals surface area contributed by atoms with Crippen molar-refractivity contribution in [3.05, 3.63) is 29.8 Å². The highest BCUT2D eigenvalue weighted by atomic mass is 16.5. The van der Waals surface area contributed by atoms with Crippen molar-refractivity contribution >= 4 is 11.6 Å². The third kappa shape index (κ3) is 4.37. The highest BCUT2D eigenvalue weighted by Crippen LogP contribution is 2.12. The molecule has 0 saturated carbocycles. The van der Waals surface area contributed by atoms with E-state index < -0.39 is 0 Å². The Morgan fingerprint density at radius 1 is 1.33 bits per heavy atom. The normalized spacial score (nSPS) is 10.3. The Morgan fingerprint density at radius 3 is 2.67 bits per heavy atom. The summed E-state index contributed by atoms with van der Waals surface area (Å²) in [5.74, 6) is 0.0927. The van der Waals surface area contributed by atoms with Gasteiger partial charge in [0.25, 0.3) is 0 Å². The summed E-state index contributed by atoms with van der Waals surface area (Å²) >= 11 is 0. The van der Waals surface area contributed by atoms with E-state index in [4.69, 9.17) is 10.5 Å². The van der Waals surface area contributed by atoms with Crippen LogP contribution in [-0.4, -0.2) is 37.1 Å². The molecule has 0 atom stereocenters. The molecule has 0 aliphatic carbocycles. The molecule has 0 spiro atoms. The Labute approximate surface area is 109 Å². The van der Waals surface area contributed by atoms with Crippen molar-refractivity contribution in [3.63, 3.8) is 0 Å². The second kappa shape index (κ2) is 7.71. The molecule has 0 fully saturated rings. The molecule has 2 N–H and O–H groups in total. The Balaban J connectivity index is 2.54. The van der Waals surface area contributed by atoms with Crippen molar-refractivity contribution < 1.29 is 9.53 Å². The number of carbonyl (C=O) groups excluding carboxylic acids is 1. The Bertz CT molecular complexity index is 380. The summed E-state index contributed by atoms with van der Waals surface area (Å²) in [6.07, 6.45) is 0.354. The molecule has 18 heavy (non-hydrogen) atoms. The zero-order valence-electron chi connectivity index (χ0n) is 11.2. The van der Waals surface area contributed by atoms with Gasteiger partial charge in [0.1, 0.15) is 0 Å². The van der Waals surface area contributed by atoms with Gasteiger partial charge in [0.05, 0.1) is 13.0 Å². The highest BCUT2D eigenvalue weighted by Gasteiger charge is 2.13. The highest BCUT2D eigenvalue weighted by molar-refractivity contribution is 5.80. The Kier molecular flexibility index (Phi) is 6.22. The molecular weight excluding hydrogens is 228 g/mol. The van der Waals surface area contributed by atoms with Gasteiger partial charge in [-0.05, 0) is 25.5 Å². The van der Waals surface area contributed by atoms with E-state index in [0.29, 0.717) is 38.4 Å². The molecule has 0 bridgehead atoms. The van der Waals surface area contributed by atoms with Gasteiger partial charge in [0, 0.05) is 25.4 Å². The second-order valence-corrected chi connectivity index (χ2v) is 4.05. The number of benzene rings is 1. The standard InChI is InChI=1S/C14H22N2O2/c1-3-16(9-10-18-4-2)14(17)11-12-7-5-6-8-13(12)15/h5-8H,3-4,9-11,15H2,1-2H3. The summed E-state index contributed by atoms with van der Waals surface area (Å²) in [5, 5.41) is 0. The first-order valence-corrected chi connectivity index (χ1v) is 6.37. The van der Waals surface area contributed by atoms with Crippen molar-refractivity contribution in [2.75, 3.05) is 32.0 Å². The molecule has 0 aliphatic rings. The molecule has 1 amide bonds. The van der Waals surface area contributed by atoms with E-state index in [-0.39, 0.29) is 5.91 Å². The minimum atomic E-state index is 0.0927. The number of rotatable bonds is 7. The summed E-state index contributed by atoms with van der Waals surface area (Å²) < 4.78 is 5.27. The van der Waals surface area contributed by atoms with Gasteiger partial charge in [0.2, 0.25) is 5.91 Å². The molecule has 0 radical (unpaired) electrons. The number of nitrogens with two attached hydrogens (primary N) is 1. The maximum atomic E-state index is 12.1. The van der Waals surface area contributed by atoms with Crippen LogP contribution in [0.15, 0.2) is 24.3 Å². The summed E-state index contributed by atoms with van der Waals surface area (Å²) in [6, 6.07) is 7.48. The number of carbonyl (C=O) groups is 1. The molecule has 1 rings (SSSR count).